The summed E-state index contributed by atoms with van der Waals surface area (Å²) in [5.41, 5.74) is 2.45. The zero-order valence-electron chi connectivity index (χ0n) is 10.5. The molecule has 0 amide bonds. The Hall–Kier alpha value is -1.13. The van der Waals surface area contributed by atoms with E-state index in [4.69, 9.17) is 0 Å². The van der Waals surface area contributed by atoms with Crippen LogP contribution in [0, 0.1) is 6.92 Å². The molecule has 0 bridgehead atoms. The second kappa shape index (κ2) is 5.47. The summed E-state index contributed by atoms with van der Waals surface area (Å²) in [5, 5.41) is 14.0. The zero-order chi connectivity index (χ0) is 12.3. The summed E-state index contributed by atoms with van der Waals surface area (Å²) in [7, 11) is 0. The van der Waals surface area contributed by atoms with Crippen molar-refractivity contribution in [3.8, 4) is 0 Å². The van der Waals surface area contributed by atoms with Gasteiger partial charge in [0.2, 0.25) is 0 Å². The Labute approximate surface area is 103 Å². The van der Waals surface area contributed by atoms with Gasteiger partial charge in [0.05, 0.1) is 18.8 Å². The zero-order valence-corrected chi connectivity index (χ0v) is 10.5. The van der Waals surface area contributed by atoms with Crippen LogP contribution in [0.2, 0.25) is 0 Å². The Kier molecular flexibility index (Phi) is 3.97. The maximum atomic E-state index is 9.64. The number of piperidine rings is 1. The predicted molar refractivity (Wildman–Crippen MR) is 67.7 cm³/mol. The lowest BCUT2D eigenvalue weighted by atomic mass is 10.1. The van der Waals surface area contributed by atoms with Gasteiger partial charge in [-0.25, -0.2) is 0 Å². The Balaban J connectivity index is 2.00. The fourth-order valence-electron chi connectivity index (χ4n) is 2.36. The number of aliphatic hydroxyl groups excluding tert-OH is 1. The quantitative estimate of drug-likeness (QED) is 0.801. The van der Waals surface area contributed by atoms with Gasteiger partial charge >= 0.3 is 0 Å². The van der Waals surface area contributed by atoms with Gasteiger partial charge < -0.3 is 5.11 Å². The molecule has 4 nitrogen and oxygen atoms in total. The molecule has 1 aliphatic heterocycles. The molecule has 2 heterocycles. The first kappa shape index (κ1) is 12.3. The molecule has 0 unspecified atom stereocenters. The monoisotopic (exact) mass is 235 g/mol. The van der Waals surface area contributed by atoms with E-state index in [9.17, 15) is 5.11 Å². The van der Waals surface area contributed by atoms with Gasteiger partial charge in [0.15, 0.2) is 0 Å². The van der Waals surface area contributed by atoms with Crippen molar-refractivity contribution < 1.29 is 5.11 Å². The lowest BCUT2D eigenvalue weighted by Crippen LogP contribution is -2.37. The predicted octanol–water partition coefficient (Wildman–Crippen LogP) is 1.33. The molecule has 2 rings (SSSR count). The van der Waals surface area contributed by atoms with Crippen LogP contribution in [-0.2, 0) is 13.1 Å². The lowest BCUT2D eigenvalue weighted by molar-refractivity contribution is 0.0667. The standard InChI is InChI=1S/C13H21N3O/c1-3-6-16-11(2)12(8-14-16)9-15-7-4-5-13(17)10-15/h3,8,13,17H,1,4-7,9-10H2,2H3/t13-/m1/s1. The minimum atomic E-state index is -0.160. The summed E-state index contributed by atoms with van der Waals surface area (Å²) in [6.07, 6.45) is 5.65. The number of aromatic nitrogens is 2. The number of hydrogen-bond acceptors (Lipinski definition) is 3. The van der Waals surface area contributed by atoms with E-state index in [2.05, 4.69) is 23.5 Å². The molecule has 17 heavy (non-hydrogen) atoms. The molecule has 94 valence electrons. The molecular formula is C13H21N3O. The van der Waals surface area contributed by atoms with E-state index in [-0.39, 0.29) is 6.10 Å². The van der Waals surface area contributed by atoms with Crippen molar-refractivity contribution >= 4 is 0 Å². The van der Waals surface area contributed by atoms with Crippen molar-refractivity contribution in [2.75, 3.05) is 13.1 Å². The number of β-amino-alcohol motifs (C(OH)–C–C–N with tert-alkyl or cyclic N) is 1. The average Bonchev–Trinajstić information content (AvgIpc) is 2.62. The fraction of sp³-hybridized carbons (Fsp3) is 0.615. The van der Waals surface area contributed by atoms with Crippen molar-refractivity contribution in [2.45, 2.75) is 39.0 Å². The first-order valence-corrected chi connectivity index (χ1v) is 6.23. The van der Waals surface area contributed by atoms with E-state index in [0.717, 1.165) is 39.0 Å². The van der Waals surface area contributed by atoms with Crippen LogP contribution in [0.5, 0.6) is 0 Å². The fourth-order valence-corrected chi connectivity index (χ4v) is 2.36. The minimum absolute atomic E-state index is 0.160. The second-order valence-electron chi connectivity index (χ2n) is 4.76. The Morgan fingerprint density at radius 1 is 1.65 bits per heavy atom. The van der Waals surface area contributed by atoms with Gasteiger partial charge in [-0.2, -0.15) is 5.10 Å². The summed E-state index contributed by atoms with van der Waals surface area (Å²) >= 11 is 0. The molecule has 0 saturated carbocycles. The summed E-state index contributed by atoms with van der Waals surface area (Å²) in [4.78, 5) is 2.30. The Bertz CT molecular complexity index is 386. The summed E-state index contributed by atoms with van der Waals surface area (Å²) in [6, 6.07) is 0. The van der Waals surface area contributed by atoms with Crippen LogP contribution in [0.15, 0.2) is 18.9 Å². The molecule has 0 aliphatic carbocycles. The first-order valence-electron chi connectivity index (χ1n) is 6.23. The van der Waals surface area contributed by atoms with Gasteiger partial charge in [0.25, 0.3) is 0 Å². The highest BCUT2D eigenvalue weighted by Gasteiger charge is 2.19. The highest BCUT2D eigenvalue weighted by atomic mass is 16.3. The Morgan fingerprint density at radius 2 is 2.47 bits per heavy atom. The van der Waals surface area contributed by atoms with E-state index in [1.54, 1.807) is 0 Å². The van der Waals surface area contributed by atoms with Crippen LogP contribution in [0.25, 0.3) is 0 Å². The van der Waals surface area contributed by atoms with Crippen LogP contribution in [-0.4, -0.2) is 39.0 Å². The molecule has 1 aliphatic rings. The normalized spacial score (nSPS) is 21.6. The van der Waals surface area contributed by atoms with Gasteiger partial charge in [-0.15, -0.1) is 6.58 Å². The third-order valence-corrected chi connectivity index (χ3v) is 3.38. The second-order valence-corrected chi connectivity index (χ2v) is 4.76. The van der Waals surface area contributed by atoms with Crippen molar-refractivity contribution in [1.82, 2.24) is 14.7 Å². The molecule has 1 N–H and O–H groups in total. The molecule has 1 saturated heterocycles. The topological polar surface area (TPSA) is 41.3 Å². The Morgan fingerprint density at radius 3 is 3.18 bits per heavy atom. The number of hydrogen-bond donors (Lipinski definition) is 1. The van der Waals surface area contributed by atoms with Crippen LogP contribution in [0.3, 0.4) is 0 Å². The van der Waals surface area contributed by atoms with E-state index >= 15 is 0 Å². The van der Waals surface area contributed by atoms with Gasteiger partial charge in [-0.1, -0.05) is 6.08 Å². The van der Waals surface area contributed by atoms with Crippen molar-refractivity contribution in [1.29, 1.82) is 0 Å². The summed E-state index contributed by atoms with van der Waals surface area (Å²) in [6.45, 7) is 9.32. The number of aliphatic hydroxyl groups is 1. The molecule has 0 spiro atoms. The van der Waals surface area contributed by atoms with Gasteiger partial charge in [0, 0.05) is 24.3 Å². The third-order valence-electron chi connectivity index (χ3n) is 3.38. The number of likely N-dealkylation sites (tertiary alicyclic amines) is 1. The average molecular weight is 235 g/mol. The SMILES string of the molecule is C=CCn1ncc(CN2CCC[C@@H](O)C2)c1C. The van der Waals surface area contributed by atoms with Gasteiger partial charge in [0.1, 0.15) is 0 Å². The van der Waals surface area contributed by atoms with Crippen molar-refractivity contribution in [2.24, 2.45) is 0 Å². The van der Waals surface area contributed by atoms with Crippen molar-refractivity contribution in [3.05, 3.63) is 30.1 Å². The van der Waals surface area contributed by atoms with Gasteiger partial charge in [-0.3, -0.25) is 9.58 Å². The highest BCUT2D eigenvalue weighted by molar-refractivity contribution is 5.16. The number of allylic oxidation sites excluding steroid dienone is 1. The maximum Gasteiger partial charge on any atom is 0.0667 e. The van der Waals surface area contributed by atoms with E-state index < -0.39 is 0 Å². The van der Waals surface area contributed by atoms with E-state index in [1.165, 1.54) is 11.3 Å². The molecular weight excluding hydrogens is 214 g/mol. The molecule has 4 heteroatoms. The largest absolute Gasteiger partial charge is 0.392 e. The molecule has 1 fully saturated rings. The third kappa shape index (κ3) is 2.96. The molecule has 0 aromatic carbocycles. The van der Waals surface area contributed by atoms with Crippen LogP contribution in [0.4, 0.5) is 0 Å². The van der Waals surface area contributed by atoms with Crippen LogP contribution < -0.4 is 0 Å². The molecule has 1 aromatic heterocycles. The minimum Gasteiger partial charge on any atom is -0.392 e. The van der Waals surface area contributed by atoms with Crippen LogP contribution in [0.1, 0.15) is 24.1 Å². The summed E-state index contributed by atoms with van der Waals surface area (Å²) in [5.74, 6) is 0. The van der Waals surface area contributed by atoms with E-state index in [0.29, 0.717) is 0 Å². The van der Waals surface area contributed by atoms with Gasteiger partial charge in [-0.05, 0) is 26.3 Å². The lowest BCUT2D eigenvalue weighted by Gasteiger charge is -2.29. The molecule has 0 radical (unpaired) electrons. The summed E-state index contributed by atoms with van der Waals surface area (Å²) < 4.78 is 1.96. The van der Waals surface area contributed by atoms with E-state index in [1.807, 2.05) is 17.0 Å². The van der Waals surface area contributed by atoms with Crippen LogP contribution >= 0.6 is 0 Å². The smallest absolute Gasteiger partial charge is 0.0667 e. The maximum absolute atomic E-state index is 9.64. The van der Waals surface area contributed by atoms with Crippen molar-refractivity contribution in [3.63, 3.8) is 0 Å². The number of rotatable bonds is 4. The first-order chi connectivity index (χ1) is 8.20. The highest BCUT2D eigenvalue weighted by Crippen LogP contribution is 2.15. The molecule has 1 aromatic rings. The number of nitrogens with zero attached hydrogens (tertiary/aromatic N) is 3. The molecule has 1 atom stereocenters.